The van der Waals surface area contributed by atoms with Gasteiger partial charge in [-0.2, -0.15) is 0 Å². The molecule has 2 rings (SSSR count). The number of unbranched alkanes of at least 4 members (excludes halogenated alkanes) is 1. The van der Waals surface area contributed by atoms with Crippen molar-refractivity contribution < 1.29 is 4.39 Å². The van der Waals surface area contributed by atoms with Crippen molar-refractivity contribution in [1.29, 1.82) is 0 Å². The number of halogens is 1. The highest BCUT2D eigenvalue weighted by molar-refractivity contribution is 5.66. The van der Waals surface area contributed by atoms with Crippen LogP contribution in [0.3, 0.4) is 0 Å². The first-order valence-corrected chi connectivity index (χ1v) is 8.90. The Hall–Kier alpha value is -1.15. The molecule has 1 aliphatic rings. The molecule has 0 aromatic heterocycles. The topological polar surface area (TPSA) is 3.24 Å². The molecule has 0 radical (unpaired) electrons. The lowest BCUT2D eigenvalue weighted by atomic mass is 9.95. The highest BCUT2D eigenvalue weighted by atomic mass is 19.1. The number of nitrogens with zero attached hydrogens (tertiary/aromatic N) is 1. The van der Waals surface area contributed by atoms with Gasteiger partial charge in [-0.3, -0.25) is 4.90 Å². The predicted molar refractivity (Wildman–Crippen MR) is 93.4 cm³/mol. The summed E-state index contributed by atoms with van der Waals surface area (Å²) in [6.45, 7) is 7.99. The fourth-order valence-corrected chi connectivity index (χ4v) is 3.25. The van der Waals surface area contributed by atoms with Crippen molar-refractivity contribution in [1.82, 2.24) is 4.90 Å². The molecule has 0 saturated carbocycles. The van der Waals surface area contributed by atoms with Crippen LogP contribution in [-0.4, -0.2) is 24.5 Å². The standard InChI is InChI=1S/C20H30FN/c1-3-5-6-17(4-2)11-14-22-15-12-19(13-16-22)18-7-9-20(21)10-8-18/h7-10,12,17H,3-6,11,13-16H2,1-2H3. The molecule has 0 amide bonds. The van der Waals surface area contributed by atoms with E-state index in [1.807, 2.05) is 12.1 Å². The molecule has 0 bridgehead atoms. The van der Waals surface area contributed by atoms with Crippen LogP contribution in [0.2, 0.25) is 0 Å². The van der Waals surface area contributed by atoms with Crippen molar-refractivity contribution >= 4 is 5.57 Å². The zero-order valence-corrected chi connectivity index (χ0v) is 14.2. The minimum Gasteiger partial charge on any atom is -0.299 e. The summed E-state index contributed by atoms with van der Waals surface area (Å²) >= 11 is 0. The fourth-order valence-electron chi connectivity index (χ4n) is 3.25. The van der Waals surface area contributed by atoms with Crippen molar-refractivity contribution in [2.75, 3.05) is 19.6 Å². The molecule has 0 spiro atoms. The van der Waals surface area contributed by atoms with E-state index < -0.39 is 0 Å². The number of rotatable bonds is 8. The molecule has 0 saturated heterocycles. The van der Waals surface area contributed by atoms with Crippen molar-refractivity contribution in [2.24, 2.45) is 5.92 Å². The number of hydrogen-bond donors (Lipinski definition) is 0. The molecule has 1 aromatic rings. The Morgan fingerprint density at radius 3 is 2.50 bits per heavy atom. The molecule has 1 aliphatic heterocycles. The maximum atomic E-state index is 13.0. The zero-order chi connectivity index (χ0) is 15.8. The second-order valence-corrected chi connectivity index (χ2v) is 6.49. The zero-order valence-electron chi connectivity index (χ0n) is 14.2. The van der Waals surface area contributed by atoms with E-state index in [4.69, 9.17) is 0 Å². The van der Waals surface area contributed by atoms with Crippen molar-refractivity contribution in [3.8, 4) is 0 Å². The van der Waals surface area contributed by atoms with Crippen LogP contribution in [0.15, 0.2) is 30.3 Å². The molecule has 1 nitrogen and oxygen atoms in total. The van der Waals surface area contributed by atoms with Gasteiger partial charge in [-0.25, -0.2) is 4.39 Å². The summed E-state index contributed by atoms with van der Waals surface area (Å²) < 4.78 is 13.0. The van der Waals surface area contributed by atoms with Crippen LogP contribution in [0.5, 0.6) is 0 Å². The molecule has 2 heteroatoms. The lowest BCUT2D eigenvalue weighted by Gasteiger charge is -2.28. The van der Waals surface area contributed by atoms with E-state index in [1.165, 1.54) is 49.8 Å². The third kappa shape index (κ3) is 5.24. The van der Waals surface area contributed by atoms with Crippen LogP contribution in [0.25, 0.3) is 5.57 Å². The Morgan fingerprint density at radius 2 is 1.91 bits per heavy atom. The Morgan fingerprint density at radius 1 is 1.14 bits per heavy atom. The van der Waals surface area contributed by atoms with Crippen molar-refractivity contribution in [3.05, 3.63) is 41.7 Å². The maximum Gasteiger partial charge on any atom is 0.123 e. The summed E-state index contributed by atoms with van der Waals surface area (Å²) in [6, 6.07) is 6.91. The highest BCUT2D eigenvalue weighted by Gasteiger charge is 2.14. The van der Waals surface area contributed by atoms with Gasteiger partial charge in [0.1, 0.15) is 5.82 Å². The first kappa shape index (κ1) is 17.2. The second kappa shape index (κ2) is 9.09. The lowest BCUT2D eigenvalue weighted by Crippen LogP contribution is -2.30. The Labute approximate surface area is 135 Å². The van der Waals surface area contributed by atoms with Gasteiger partial charge in [0.15, 0.2) is 0 Å². The monoisotopic (exact) mass is 303 g/mol. The number of benzene rings is 1. The third-order valence-corrected chi connectivity index (χ3v) is 4.91. The average molecular weight is 303 g/mol. The molecule has 22 heavy (non-hydrogen) atoms. The molecular formula is C20H30FN. The first-order chi connectivity index (χ1) is 10.7. The molecule has 0 fully saturated rings. The summed E-state index contributed by atoms with van der Waals surface area (Å²) in [5.74, 6) is 0.738. The summed E-state index contributed by atoms with van der Waals surface area (Å²) in [6.07, 6.45) is 10.1. The smallest absolute Gasteiger partial charge is 0.123 e. The second-order valence-electron chi connectivity index (χ2n) is 6.49. The van der Waals surface area contributed by atoms with Gasteiger partial charge >= 0.3 is 0 Å². The Bertz CT molecular complexity index is 463. The van der Waals surface area contributed by atoms with Gasteiger partial charge in [0.05, 0.1) is 0 Å². The van der Waals surface area contributed by atoms with Gasteiger partial charge in [-0.05, 0) is 48.6 Å². The van der Waals surface area contributed by atoms with E-state index in [1.54, 1.807) is 12.1 Å². The SMILES string of the molecule is CCCCC(CC)CCN1CC=C(c2ccc(F)cc2)CC1. The summed E-state index contributed by atoms with van der Waals surface area (Å²) in [7, 11) is 0. The molecule has 1 aromatic carbocycles. The highest BCUT2D eigenvalue weighted by Crippen LogP contribution is 2.24. The number of hydrogen-bond acceptors (Lipinski definition) is 1. The molecule has 1 unspecified atom stereocenters. The largest absolute Gasteiger partial charge is 0.299 e. The van der Waals surface area contributed by atoms with Gasteiger partial charge in [0.25, 0.3) is 0 Å². The van der Waals surface area contributed by atoms with Crippen LogP contribution in [0.4, 0.5) is 4.39 Å². The van der Waals surface area contributed by atoms with Crippen molar-refractivity contribution in [3.63, 3.8) is 0 Å². The van der Waals surface area contributed by atoms with Gasteiger partial charge in [-0.1, -0.05) is 57.7 Å². The molecule has 0 aliphatic carbocycles. The van der Waals surface area contributed by atoms with Crippen LogP contribution in [-0.2, 0) is 0 Å². The van der Waals surface area contributed by atoms with Gasteiger partial charge in [-0.15, -0.1) is 0 Å². The van der Waals surface area contributed by atoms with E-state index in [0.29, 0.717) is 0 Å². The molecule has 1 heterocycles. The summed E-state index contributed by atoms with van der Waals surface area (Å²) in [5.41, 5.74) is 2.55. The first-order valence-electron chi connectivity index (χ1n) is 8.90. The normalized spacial score (nSPS) is 17.3. The minimum absolute atomic E-state index is 0.153. The lowest BCUT2D eigenvalue weighted by molar-refractivity contribution is 0.265. The Balaban J connectivity index is 1.79. The van der Waals surface area contributed by atoms with E-state index >= 15 is 0 Å². The average Bonchev–Trinajstić information content (AvgIpc) is 2.56. The van der Waals surface area contributed by atoms with Crippen LogP contribution >= 0.6 is 0 Å². The summed E-state index contributed by atoms with van der Waals surface area (Å²) in [5, 5.41) is 0. The minimum atomic E-state index is -0.153. The van der Waals surface area contributed by atoms with Crippen LogP contribution in [0, 0.1) is 11.7 Å². The summed E-state index contributed by atoms with van der Waals surface area (Å²) in [4.78, 5) is 2.56. The van der Waals surface area contributed by atoms with Crippen LogP contribution < -0.4 is 0 Å². The van der Waals surface area contributed by atoms with Gasteiger partial charge in [0, 0.05) is 13.1 Å². The van der Waals surface area contributed by atoms with E-state index in [9.17, 15) is 4.39 Å². The molecule has 122 valence electrons. The third-order valence-electron chi connectivity index (χ3n) is 4.91. The van der Waals surface area contributed by atoms with Crippen molar-refractivity contribution in [2.45, 2.75) is 52.4 Å². The fraction of sp³-hybridized carbons (Fsp3) is 0.600. The van der Waals surface area contributed by atoms with Gasteiger partial charge in [0.2, 0.25) is 0 Å². The van der Waals surface area contributed by atoms with Crippen LogP contribution in [0.1, 0.15) is 57.9 Å². The van der Waals surface area contributed by atoms with Gasteiger partial charge < -0.3 is 0 Å². The Kier molecular flexibility index (Phi) is 7.11. The van der Waals surface area contributed by atoms with E-state index in [2.05, 4.69) is 24.8 Å². The van der Waals surface area contributed by atoms with E-state index in [-0.39, 0.29) is 5.82 Å². The quantitative estimate of drug-likeness (QED) is 0.611. The maximum absolute atomic E-state index is 13.0. The molecule has 0 N–H and O–H groups in total. The molecular weight excluding hydrogens is 273 g/mol. The predicted octanol–water partition coefficient (Wildman–Crippen LogP) is 5.52. The van der Waals surface area contributed by atoms with E-state index in [0.717, 1.165) is 25.4 Å². The molecule has 1 atom stereocenters.